The fraction of sp³-hybridized carbons (Fsp3) is 0.588. The molecule has 1 aromatic carbocycles. The van der Waals surface area contributed by atoms with Crippen molar-refractivity contribution < 1.29 is 9.53 Å². The minimum Gasteiger partial charge on any atom is -0.493 e. The van der Waals surface area contributed by atoms with Crippen molar-refractivity contribution >= 4 is 5.91 Å². The molecule has 3 rings (SSSR count). The van der Waals surface area contributed by atoms with Crippen molar-refractivity contribution in [2.75, 3.05) is 19.7 Å². The summed E-state index contributed by atoms with van der Waals surface area (Å²) in [5, 5.41) is 6.60. The summed E-state index contributed by atoms with van der Waals surface area (Å²) in [6.07, 6.45) is 4.96. The van der Waals surface area contributed by atoms with Crippen LogP contribution in [0.2, 0.25) is 0 Å². The molecule has 4 heteroatoms. The zero-order chi connectivity index (χ0) is 14.5. The molecule has 2 heterocycles. The number of carbonyl (C=O) groups excluding carboxylic acids is 1. The lowest BCUT2D eigenvalue weighted by molar-refractivity contribution is -0.123. The zero-order valence-corrected chi connectivity index (χ0v) is 12.4. The predicted molar refractivity (Wildman–Crippen MR) is 82.3 cm³/mol. The van der Waals surface area contributed by atoms with Crippen LogP contribution in [0.15, 0.2) is 24.3 Å². The van der Waals surface area contributed by atoms with Gasteiger partial charge in [-0.25, -0.2) is 0 Å². The Morgan fingerprint density at radius 2 is 2.14 bits per heavy atom. The van der Waals surface area contributed by atoms with Crippen LogP contribution in [-0.2, 0) is 4.79 Å². The molecule has 2 N–H and O–H groups in total. The zero-order valence-electron chi connectivity index (χ0n) is 12.4. The maximum absolute atomic E-state index is 12.3. The normalized spacial score (nSPS) is 25.3. The average molecular weight is 288 g/mol. The van der Waals surface area contributed by atoms with Crippen LogP contribution in [0.5, 0.6) is 5.75 Å². The van der Waals surface area contributed by atoms with Crippen LogP contribution >= 0.6 is 0 Å². The van der Waals surface area contributed by atoms with Crippen molar-refractivity contribution in [3.05, 3.63) is 29.8 Å². The Labute approximate surface area is 126 Å². The van der Waals surface area contributed by atoms with E-state index < -0.39 is 0 Å². The molecule has 2 unspecified atom stereocenters. The highest BCUT2D eigenvalue weighted by atomic mass is 16.5. The molecule has 0 spiro atoms. The van der Waals surface area contributed by atoms with E-state index in [1.807, 2.05) is 18.2 Å². The molecule has 1 fully saturated rings. The molecular formula is C17H24N2O2. The van der Waals surface area contributed by atoms with E-state index in [4.69, 9.17) is 4.74 Å². The van der Waals surface area contributed by atoms with Crippen LogP contribution in [-0.4, -0.2) is 25.6 Å². The second-order valence-electron chi connectivity index (χ2n) is 6.05. The summed E-state index contributed by atoms with van der Waals surface area (Å²) in [4.78, 5) is 12.3. The fourth-order valence-corrected chi connectivity index (χ4v) is 3.30. The number of rotatable bonds is 3. The van der Waals surface area contributed by atoms with E-state index in [1.165, 1.54) is 6.42 Å². The van der Waals surface area contributed by atoms with Crippen LogP contribution in [0.3, 0.4) is 0 Å². The van der Waals surface area contributed by atoms with Crippen molar-refractivity contribution in [3.63, 3.8) is 0 Å². The van der Waals surface area contributed by atoms with Crippen molar-refractivity contribution in [1.29, 1.82) is 0 Å². The average Bonchev–Trinajstić information content (AvgIpc) is 2.76. The molecule has 0 saturated carbocycles. The first-order valence-electron chi connectivity index (χ1n) is 8.05. The van der Waals surface area contributed by atoms with E-state index in [1.54, 1.807) is 0 Å². The Morgan fingerprint density at radius 1 is 1.24 bits per heavy atom. The van der Waals surface area contributed by atoms with Gasteiger partial charge in [0.1, 0.15) is 5.75 Å². The number of nitrogens with one attached hydrogen (secondary N) is 2. The highest BCUT2D eigenvalue weighted by Gasteiger charge is 2.24. The number of benzene rings is 1. The quantitative estimate of drug-likeness (QED) is 0.898. The summed E-state index contributed by atoms with van der Waals surface area (Å²) >= 11 is 0. The molecule has 1 saturated heterocycles. The molecule has 2 aliphatic heterocycles. The first-order valence-corrected chi connectivity index (χ1v) is 8.05. The van der Waals surface area contributed by atoms with Gasteiger partial charge in [0.15, 0.2) is 0 Å². The van der Waals surface area contributed by atoms with Gasteiger partial charge >= 0.3 is 0 Å². The van der Waals surface area contributed by atoms with E-state index in [2.05, 4.69) is 16.7 Å². The van der Waals surface area contributed by atoms with E-state index in [0.717, 1.165) is 43.7 Å². The van der Waals surface area contributed by atoms with Crippen LogP contribution in [0, 0.1) is 5.92 Å². The summed E-state index contributed by atoms with van der Waals surface area (Å²) in [7, 11) is 0. The predicted octanol–water partition coefficient (Wildman–Crippen LogP) is 2.41. The van der Waals surface area contributed by atoms with Gasteiger partial charge in [0.25, 0.3) is 0 Å². The molecule has 0 radical (unpaired) electrons. The number of ether oxygens (including phenoxy) is 1. The van der Waals surface area contributed by atoms with E-state index in [9.17, 15) is 4.79 Å². The third kappa shape index (κ3) is 3.76. The van der Waals surface area contributed by atoms with Gasteiger partial charge in [-0.15, -0.1) is 0 Å². The molecule has 0 bridgehead atoms. The number of hydrogen-bond donors (Lipinski definition) is 2. The topological polar surface area (TPSA) is 50.4 Å². The highest BCUT2D eigenvalue weighted by Crippen LogP contribution is 2.31. The monoisotopic (exact) mass is 288 g/mol. The fourth-order valence-electron chi connectivity index (χ4n) is 3.30. The van der Waals surface area contributed by atoms with Crippen LogP contribution in [0.25, 0.3) is 0 Å². The third-order valence-corrected chi connectivity index (χ3v) is 4.46. The largest absolute Gasteiger partial charge is 0.493 e. The first-order chi connectivity index (χ1) is 10.3. The maximum Gasteiger partial charge on any atom is 0.220 e. The SMILES string of the molecule is O=C(CC1CCCNCC1)NC1CCOc2ccccc21. The Morgan fingerprint density at radius 3 is 3.10 bits per heavy atom. The van der Waals surface area contributed by atoms with E-state index in [0.29, 0.717) is 18.9 Å². The molecule has 0 aromatic heterocycles. The summed E-state index contributed by atoms with van der Waals surface area (Å²) < 4.78 is 5.64. The summed E-state index contributed by atoms with van der Waals surface area (Å²) in [5.41, 5.74) is 1.11. The molecule has 114 valence electrons. The maximum atomic E-state index is 12.3. The number of para-hydroxylation sites is 1. The van der Waals surface area contributed by atoms with Gasteiger partial charge in [0, 0.05) is 18.4 Å². The van der Waals surface area contributed by atoms with Gasteiger partial charge in [0.05, 0.1) is 12.6 Å². The lowest BCUT2D eigenvalue weighted by Gasteiger charge is -2.27. The van der Waals surface area contributed by atoms with Crippen LogP contribution < -0.4 is 15.4 Å². The van der Waals surface area contributed by atoms with Crippen LogP contribution in [0.1, 0.15) is 43.7 Å². The van der Waals surface area contributed by atoms with Gasteiger partial charge in [-0.1, -0.05) is 18.2 Å². The number of hydrogen-bond acceptors (Lipinski definition) is 3. The molecule has 1 aromatic rings. The molecule has 21 heavy (non-hydrogen) atoms. The minimum atomic E-state index is 0.103. The Bertz CT molecular complexity index is 481. The smallest absolute Gasteiger partial charge is 0.220 e. The first kappa shape index (κ1) is 14.4. The summed E-state index contributed by atoms with van der Waals surface area (Å²) in [6.45, 7) is 2.80. The van der Waals surface area contributed by atoms with Crippen molar-refractivity contribution in [1.82, 2.24) is 10.6 Å². The third-order valence-electron chi connectivity index (χ3n) is 4.46. The van der Waals surface area contributed by atoms with Crippen molar-refractivity contribution in [2.24, 2.45) is 5.92 Å². The summed E-state index contributed by atoms with van der Waals surface area (Å²) in [5.74, 6) is 1.62. The lowest BCUT2D eigenvalue weighted by atomic mass is 9.95. The summed E-state index contributed by atoms with van der Waals surface area (Å²) in [6, 6.07) is 8.11. The molecular weight excluding hydrogens is 264 g/mol. The van der Waals surface area contributed by atoms with Crippen molar-refractivity contribution in [2.45, 2.75) is 38.1 Å². The highest BCUT2D eigenvalue weighted by molar-refractivity contribution is 5.76. The number of amides is 1. The minimum absolute atomic E-state index is 0.103. The van der Waals surface area contributed by atoms with E-state index in [-0.39, 0.29) is 11.9 Å². The molecule has 2 aliphatic rings. The Hall–Kier alpha value is -1.55. The molecule has 0 aliphatic carbocycles. The molecule has 1 amide bonds. The van der Waals surface area contributed by atoms with E-state index >= 15 is 0 Å². The van der Waals surface area contributed by atoms with Gasteiger partial charge in [-0.05, 0) is 44.3 Å². The van der Waals surface area contributed by atoms with Gasteiger partial charge in [0.2, 0.25) is 5.91 Å². The second-order valence-corrected chi connectivity index (χ2v) is 6.05. The van der Waals surface area contributed by atoms with Gasteiger partial charge in [-0.3, -0.25) is 4.79 Å². The Balaban J connectivity index is 1.58. The standard InChI is InChI=1S/C17H24N2O2/c20-17(12-13-4-3-9-18-10-7-13)19-15-8-11-21-16-6-2-1-5-14(15)16/h1-2,5-6,13,15,18H,3-4,7-12H2,(H,19,20). The van der Waals surface area contributed by atoms with Gasteiger partial charge in [-0.2, -0.15) is 0 Å². The second kappa shape index (κ2) is 6.94. The number of fused-ring (bicyclic) bond motifs is 1. The lowest BCUT2D eigenvalue weighted by Crippen LogP contribution is -2.33. The Kier molecular flexibility index (Phi) is 4.76. The molecule has 4 nitrogen and oxygen atoms in total. The molecule has 2 atom stereocenters. The van der Waals surface area contributed by atoms with Crippen LogP contribution in [0.4, 0.5) is 0 Å². The van der Waals surface area contributed by atoms with Gasteiger partial charge < -0.3 is 15.4 Å². The number of carbonyl (C=O) groups is 1. The van der Waals surface area contributed by atoms with Crippen molar-refractivity contribution in [3.8, 4) is 5.75 Å².